The van der Waals surface area contributed by atoms with E-state index < -0.39 is 16.1 Å². The van der Waals surface area contributed by atoms with E-state index in [2.05, 4.69) is 10.0 Å². The second kappa shape index (κ2) is 7.24. The molecule has 0 heterocycles. The number of hydrogen-bond donors (Lipinski definition) is 2. The number of rotatable bonds is 6. The van der Waals surface area contributed by atoms with Gasteiger partial charge in [-0.1, -0.05) is 31.9 Å². The van der Waals surface area contributed by atoms with Gasteiger partial charge in [0.15, 0.2) is 0 Å². The van der Waals surface area contributed by atoms with E-state index in [1.807, 2.05) is 6.92 Å². The van der Waals surface area contributed by atoms with Gasteiger partial charge in [0.25, 0.3) is 0 Å². The highest BCUT2D eigenvalue weighted by atomic mass is 32.2. The van der Waals surface area contributed by atoms with Gasteiger partial charge >= 0.3 is 0 Å². The van der Waals surface area contributed by atoms with Crippen LogP contribution in [0.25, 0.3) is 0 Å². The van der Waals surface area contributed by atoms with Crippen LogP contribution in [-0.4, -0.2) is 26.4 Å². The molecule has 1 aromatic carbocycles. The van der Waals surface area contributed by atoms with Gasteiger partial charge in [-0.2, -0.15) is 4.72 Å². The Morgan fingerprint density at radius 2 is 1.82 bits per heavy atom. The Balaban J connectivity index is 1.98. The SMILES string of the molecule is CCc1ccc(S(=O)(=O)N[C@H](C)C(=O)NC2CCCC2)cc1. The van der Waals surface area contributed by atoms with Crippen LogP contribution in [0, 0.1) is 0 Å². The molecule has 0 bridgehead atoms. The molecule has 22 heavy (non-hydrogen) atoms. The Kier molecular flexibility index (Phi) is 5.58. The van der Waals surface area contributed by atoms with Crippen LogP contribution >= 0.6 is 0 Å². The topological polar surface area (TPSA) is 75.3 Å². The van der Waals surface area contributed by atoms with E-state index in [-0.39, 0.29) is 16.8 Å². The molecule has 2 N–H and O–H groups in total. The summed E-state index contributed by atoms with van der Waals surface area (Å²) >= 11 is 0. The molecule has 1 atom stereocenters. The molecule has 1 amide bonds. The first-order chi connectivity index (χ1) is 10.4. The molecule has 0 spiro atoms. The molecular weight excluding hydrogens is 300 g/mol. The summed E-state index contributed by atoms with van der Waals surface area (Å²) in [6.07, 6.45) is 5.05. The van der Waals surface area contributed by atoms with Crippen molar-refractivity contribution in [2.24, 2.45) is 0 Å². The van der Waals surface area contributed by atoms with Crippen molar-refractivity contribution < 1.29 is 13.2 Å². The fraction of sp³-hybridized carbons (Fsp3) is 0.562. The van der Waals surface area contributed by atoms with Crippen molar-refractivity contribution in [1.29, 1.82) is 0 Å². The van der Waals surface area contributed by atoms with Crippen molar-refractivity contribution in [2.45, 2.75) is 62.9 Å². The van der Waals surface area contributed by atoms with Gasteiger partial charge in [-0.25, -0.2) is 8.42 Å². The lowest BCUT2D eigenvalue weighted by Gasteiger charge is -2.18. The zero-order valence-corrected chi connectivity index (χ0v) is 13.9. The summed E-state index contributed by atoms with van der Waals surface area (Å²) in [5, 5.41) is 2.91. The van der Waals surface area contributed by atoms with Crippen LogP contribution in [0.3, 0.4) is 0 Å². The minimum Gasteiger partial charge on any atom is -0.352 e. The molecule has 1 saturated carbocycles. The lowest BCUT2D eigenvalue weighted by atomic mass is 10.2. The molecule has 1 aliphatic carbocycles. The molecule has 0 radical (unpaired) electrons. The summed E-state index contributed by atoms with van der Waals surface area (Å²) in [6, 6.07) is 6.13. The Hall–Kier alpha value is -1.40. The van der Waals surface area contributed by atoms with Crippen LogP contribution in [0.5, 0.6) is 0 Å². The number of benzene rings is 1. The summed E-state index contributed by atoms with van der Waals surface area (Å²) in [7, 11) is -3.67. The van der Waals surface area contributed by atoms with E-state index in [9.17, 15) is 13.2 Å². The Morgan fingerprint density at radius 3 is 2.36 bits per heavy atom. The molecule has 0 aromatic heterocycles. The average Bonchev–Trinajstić information content (AvgIpc) is 2.99. The molecule has 6 heteroatoms. The van der Waals surface area contributed by atoms with Crippen molar-refractivity contribution in [3.05, 3.63) is 29.8 Å². The Bertz CT molecular complexity index is 605. The van der Waals surface area contributed by atoms with Crippen molar-refractivity contribution in [1.82, 2.24) is 10.0 Å². The largest absolute Gasteiger partial charge is 0.352 e. The van der Waals surface area contributed by atoms with Gasteiger partial charge in [-0.3, -0.25) is 4.79 Å². The number of nitrogens with one attached hydrogen (secondary N) is 2. The van der Waals surface area contributed by atoms with E-state index in [0.29, 0.717) is 0 Å². The van der Waals surface area contributed by atoms with Crippen molar-refractivity contribution in [3.63, 3.8) is 0 Å². The van der Waals surface area contributed by atoms with E-state index in [1.54, 1.807) is 31.2 Å². The Morgan fingerprint density at radius 1 is 1.23 bits per heavy atom. The summed E-state index contributed by atoms with van der Waals surface area (Å²) in [5.41, 5.74) is 1.07. The summed E-state index contributed by atoms with van der Waals surface area (Å²) < 4.78 is 27.0. The highest BCUT2D eigenvalue weighted by Crippen LogP contribution is 2.18. The maximum absolute atomic E-state index is 12.3. The van der Waals surface area contributed by atoms with Crippen LogP contribution in [0.1, 0.15) is 45.1 Å². The first-order valence-electron chi connectivity index (χ1n) is 7.84. The fourth-order valence-electron chi connectivity index (χ4n) is 2.65. The molecule has 0 aliphatic heterocycles. The molecule has 1 fully saturated rings. The van der Waals surface area contributed by atoms with Gasteiger partial charge in [0.05, 0.1) is 10.9 Å². The van der Waals surface area contributed by atoms with E-state index in [0.717, 1.165) is 37.7 Å². The Labute approximate surface area is 132 Å². The van der Waals surface area contributed by atoms with E-state index in [4.69, 9.17) is 0 Å². The number of sulfonamides is 1. The average molecular weight is 324 g/mol. The monoisotopic (exact) mass is 324 g/mol. The summed E-state index contributed by atoms with van der Waals surface area (Å²) in [5.74, 6) is -0.263. The van der Waals surface area contributed by atoms with Gasteiger partial charge in [0, 0.05) is 6.04 Å². The third-order valence-corrected chi connectivity index (χ3v) is 5.63. The first kappa shape index (κ1) is 17.0. The van der Waals surface area contributed by atoms with Crippen LogP contribution in [0.2, 0.25) is 0 Å². The van der Waals surface area contributed by atoms with Crippen LogP contribution in [0.15, 0.2) is 29.2 Å². The lowest BCUT2D eigenvalue weighted by Crippen LogP contribution is -2.47. The van der Waals surface area contributed by atoms with Crippen LogP contribution in [0.4, 0.5) is 0 Å². The molecule has 5 nitrogen and oxygen atoms in total. The third-order valence-electron chi connectivity index (χ3n) is 4.07. The molecule has 2 rings (SSSR count). The van der Waals surface area contributed by atoms with Crippen molar-refractivity contribution in [2.75, 3.05) is 0 Å². The first-order valence-corrected chi connectivity index (χ1v) is 9.32. The molecular formula is C16H24N2O3S. The maximum atomic E-state index is 12.3. The van der Waals surface area contributed by atoms with E-state index >= 15 is 0 Å². The molecule has 1 aliphatic rings. The fourth-order valence-corrected chi connectivity index (χ4v) is 3.86. The normalized spacial score (nSPS) is 17.4. The number of hydrogen-bond acceptors (Lipinski definition) is 3. The van der Waals surface area contributed by atoms with Gasteiger partial charge in [-0.05, 0) is 43.9 Å². The molecule has 0 saturated heterocycles. The number of aryl methyl sites for hydroxylation is 1. The zero-order chi connectivity index (χ0) is 16.2. The quantitative estimate of drug-likeness (QED) is 0.840. The van der Waals surface area contributed by atoms with E-state index in [1.165, 1.54) is 0 Å². The minimum absolute atomic E-state index is 0.184. The summed E-state index contributed by atoms with van der Waals surface area (Å²) in [6.45, 7) is 3.58. The number of carbonyl (C=O) groups excluding carboxylic acids is 1. The molecule has 0 unspecified atom stereocenters. The van der Waals surface area contributed by atoms with Crippen molar-refractivity contribution >= 4 is 15.9 Å². The maximum Gasteiger partial charge on any atom is 0.241 e. The predicted molar refractivity (Wildman–Crippen MR) is 86.0 cm³/mol. The zero-order valence-electron chi connectivity index (χ0n) is 13.1. The van der Waals surface area contributed by atoms with Crippen LogP contribution < -0.4 is 10.0 Å². The smallest absolute Gasteiger partial charge is 0.241 e. The van der Waals surface area contributed by atoms with Gasteiger partial charge in [-0.15, -0.1) is 0 Å². The second-order valence-electron chi connectivity index (χ2n) is 5.83. The second-order valence-corrected chi connectivity index (χ2v) is 7.54. The van der Waals surface area contributed by atoms with Gasteiger partial charge in [0.2, 0.25) is 15.9 Å². The summed E-state index contributed by atoms with van der Waals surface area (Å²) in [4.78, 5) is 12.3. The highest BCUT2D eigenvalue weighted by Gasteiger charge is 2.24. The molecule has 122 valence electrons. The van der Waals surface area contributed by atoms with Gasteiger partial charge < -0.3 is 5.32 Å². The lowest BCUT2D eigenvalue weighted by molar-refractivity contribution is -0.123. The minimum atomic E-state index is -3.67. The van der Waals surface area contributed by atoms with Crippen LogP contribution in [-0.2, 0) is 21.2 Å². The standard InChI is InChI=1S/C16H24N2O3S/c1-3-13-8-10-15(11-9-13)22(20,21)18-12(2)16(19)17-14-6-4-5-7-14/h8-12,14,18H,3-7H2,1-2H3,(H,17,19)/t12-/m1/s1. The highest BCUT2D eigenvalue weighted by molar-refractivity contribution is 7.89. The van der Waals surface area contributed by atoms with Crippen molar-refractivity contribution in [3.8, 4) is 0 Å². The molecule has 1 aromatic rings. The number of carbonyl (C=O) groups is 1. The predicted octanol–water partition coefficient (Wildman–Crippen LogP) is 1.97. The number of amides is 1. The van der Waals surface area contributed by atoms with Gasteiger partial charge in [0.1, 0.15) is 0 Å². The third kappa shape index (κ3) is 4.30.